The Kier molecular flexibility index (Phi) is 3.43. The Morgan fingerprint density at radius 3 is 2.61 bits per heavy atom. The van der Waals surface area contributed by atoms with Crippen LogP contribution < -0.4 is 5.73 Å². The van der Waals surface area contributed by atoms with Crippen molar-refractivity contribution in [2.75, 3.05) is 6.54 Å². The van der Waals surface area contributed by atoms with E-state index in [2.05, 4.69) is 29.6 Å². The van der Waals surface area contributed by atoms with Crippen LogP contribution in [0.4, 0.5) is 0 Å². The van der Waals surface area contributed by atoms with Gasteiger partial charge in [-0.3, -0.25) is 0 Å². The van der Waals surface area contributed by atoms with Crippen molar-refractivity contribution in [2.45, 2.75) is 19.3 Å². The molecular formula is C15H18N2S. The van der Waals surface area contributed by atoms with Crippen LogP contribution >= 0.6 is 11.3 Å². The molecule has 3 rings (SSSR count). The van der Waals surface area contributed by atoms with Crippen LogP contribution in [0.2, 0.25) is 0 Å². The lowest BCUT2D eigenvalue weighted by Crippen LogP contribution is -2.33. The zero-order valence-corrected chi connectivity index (χ0v) is 11.2. The highest BCUT2D eigenvalue weighted by Crippen LogP contribution is 2.37. The molecule has 0 bridgehead atoms. The summed E-state index contributed by atoms with van der Waals surface area (Å²) in [7, 11) is 0. The number of hydrogen-bond acceptors (Lipinski definition) is 3. The first-order valence-corrected chi connectivity index (χ1v) is 7.44. The fourth-order valence-corrected chi connectivity index (χ4v) is 3.49. The molecule has 0 saturated heterocycles. The minimum atomic E-state index is 0.731. The molecule has 2 nitrogen and oxygen atoms in total. The lowest BCUT2D eigenvalue weighted by molar-refractivity contribution is 0.183. The summed E-state index contributed by atoms with van der Waals surface area (Å²) in [6.07, 6.45) is 3.74. The van der Waals surface area contributed by atoms with Crippen LogP contribution in [-0.2, 0) is 6.42 Å². The quantitative estimate of drug-likeness (QED) is 0.913. The Hall–Kier alpha value is -1.19. The van der Waals surface area contributed by atoms with Gasteiger partial charge < -0.3 is 5.73 Å². The molecule has 1 aliphatic rings. The number of benzene rings is 1. The van der Waals surface area contributed by atoms with Gasteiger partial charge in [0.25, 0.3) is 0 Å². The molecule has 2 N–H and O–H groups in total. The molecule has 1 saturated carbocycles. The lowest BCUT2D eigenvalue weighted by Gasteiger charge is -2.35. The summed E-state index contributed by atoms with van der Waals surface area (Å²) in [6, 6.07) is 10.4. The van der Waals surface area contributed by atoms with Crippen LogP contribution in [0.15, 0.2) is 35.7 Å². The smallest absolute Gasteiger partial charge is 0.0935 e. The molecule has 2 unspecified atom stereocenters. The Labute approximate surface area is 112 Å². The third-order valence-electron chi connectivity index (χ3n) is 3.94. The predicted octanol–water partition coefficient (Wildman–Crippen LogP) is 3.34. The van der Waals surface area contributed by atoms with Gasteiger partial charge in [0.05, 0.1) is 10.7 Å². The summed E-state index contributed by atoms with van der Waals surface area (Å²) in [5.41, 5.74) is 8.08. The highest BCUT2D eigenvalue weighted by Gasteiger charge is 2.30. The molecular weight excluding hydrogens is 240 g/mol. The topological polar surface area (TPSA) is 38.9 Å². The van der Waals surface area contributed by atoms with E-state index in [0.717, 1.165) is 30.5 Å². The van der Waals surface area contributed by atoms with Crippen molar-refractivity contribution in [3.8, 4) is 11.3 Å². The molecule has 0 amide bonds. The largest absolute Gasteiger partial charge is 0.330 e. The van der Waals surface area contributed by atoms with Gasteiger partial charge in [0.15, 0.2) is 0 Å². The molecule has 1 heterocycles. The molecule has 18 heavy (non-hydrogen) atoms. The van der Waals surface area contributed by atoms with E-state index in [1.165, 1.54) is 23.4 Å². The maximum atomic E-state index is 5.76. The number of thiazole rings is 1. The first kappa shape index (κ1) is 11.9. The average Bonchev–Trinajstić information content (AvgIpc) is 2.85. The fraction of sp³-hybridized carbons (Fsp3) is 0.400. The van der Waals surface area contributed by atoms with Crippen molar-refractivity contribution >= 4 is 11.3 Å². The molecule has 1 aromatic heterocycles. The van der Waals surface area contributed by atoms with Crippen LogP contribution in [-0.4, -0.2) is 11.5 Å². The van der Waals surface area contributed by atoms with Crippen LogP contribution in [0.25, 0.3) is 11.3 Å². The van der Waals surface area contributed by atoms with E-state index in [1.807, 2.05) is 6.07 Å². The standard InChI is InChI=1S/C15H18N2S/c16-9-13-7-6-12(13)8-15-17-14(10-18-15)11-4-2-1-3-5-11/h1-5,10,12-13H,6-9,16H2. The number of nitrogens with two attached hydrogens (primary N) is 1. The van der Waals surface area contributed by atoms with E-state index in [1.54, 1.807) is 11.3 Å². The van der Waals surface area contributed by atoms with Crippen LogP contribution in [0.5, 0.6) is 0 Å². The SMILES string of the molecule is NCC1CCC1Cc1nc(-c2ccccc2)cs1. The fourth-order valence-electron chi connectivity index (χ4n) is 2.59. The van der Waals surface area contributed by atoms with Crippen molar-refractivity contribution < 1.29 is 0 Å². The van der Waals surface area contributed by atoms with Gasteiger partial charge in [-0.1, -0.05) is 30.3 Å². The summed E-state index contributed by atoms with van der Waals surface area (Å²) in [6.45, 7) is 0.835. The Balaban J connectivity index is 1.70. The molecule has 1 aromatic carbocycles. The van der Waals surface area contributed by atoms with Gasteiger partial charge in [0.1, 0.15) is 0 Å². The van der Waals surface area contributed by atoms with Gasteiger partial charge in [0, 0.05) is 17.4 Å². The third-order valence-corrected chi connectivity index (χ3v) is 4.81. The summed E-state index contributed by atoms with van der Waals surface area (Å²) in [5, 5.41) is 3.43. The van der Waals surface area contributed by atoms with E-state index in [4.69, 9.17) is 10.7 Å². The van der Waals surface area contributed by atoms with Gasteiger partial charge in [-0.15, -0.1) is 11.3 Å². The molecule has 3 heteroatoms. The Bertz CT molecular complexity index is 504. The monoisotopic (exact) mass is 258 g/mol. The molecule has 1 aliphatic carbocycles. The van der Waals surface area contributed by atoms with Crippen molar-refractivity contribution in [1.82, 2.24) is 4.98 Å². The van der Waals surface area contributed by atoms with Gasteiger partial charge in [0.2, 0.25) is 0 Å². The molecule has 1 fully saturated rings. The summed E-state index contributed by atoms with van der Waals surface area (Å²) in [4.78, 5) is 4.75. The first-order valence-electron chi connectivity index (χ1n) is 6.56. The Morgan fingerprint density at radius 2 is 1.94 bits per heavy atom. The van der Waals surface area contributed by atoms with Crippen molar-refractivity contribution in [1.29, 1.82) is 0 Å². The molecule has 0 aliphatic heterocycles. The maximum Gasteiger partial charge on any atom is 0.0935 e. The van der Waals surface area contributed by atoms with Gasteiger partial charge >= 0.3 is 0 Å². The second kappa shape index (κ2) is 5.21. The van der Waals surface area contributed by atoms with Crippen molar-refractivity contribution in [3.63, 3.8) is 0 Å². The first-order chi connectivity index (χ1) is 8.86. The number of rotatable bonds is 4. The van der Waals surface area contributed by atoms with E-state index in [9.17, 15) is 0 Å². The normalized spacial score (nSPS) is 22.7. The van der Waals surface area contributed by atoms with Crippen molar-refractivity contribution in [3.05, 3.63) is 40.7 Å². The zero-order chi connectivity index (χ0) is 12.4. The molecule has 2 aromatic rings. The van der Waals surface area contributed by atoms with Gasteiger partial charge in [-0.25, -0.2) is 4.98 Å². The minimum absolute atomic E-state index is 0.731. The zero-order valence-electron chi connectivity index (χ0n) is 10.4. The Morgan fingerprint density at radius 1 is 1.17 bits per heavy atom. The van der Waals surface area contributed by atoms with E-state index in [-0.39, 0.29) is 0 Å². The highest BCUT2D eigenvalue weighted by atomic mass is 32.1. The van der Waals surface area contributed by atoms with Crippen LogP contribution in [0.3, 0.4) is 0 Å². The van der Waals surface area contributed by atoms with E-state index >= 15 is 0 Å². The summed E-state index contributed by atoms with van der Waals surface area (Å²) >= 11 is 1.78. The van der Waals surface area contributed by atoms with E-state index in [0.29, 0.717) is 0 Å². The second-order valence-electron chi connectivity index (χ2n) is 5.03. The minimum Gasteiger partial charge on any atom is -0.330 e. The molecule has 0 radical (unpaired) electrons. The number of aromatic nitrogens is 1. The third kappa shape index (κ3) is 2.33. The van der Waals surface area contributed by atoms with Crippen LogP contribution in [0, 0.1) is 11.8 Å². The number of nitrogens with zero attached hydrogens (tertiary/aromatic N) is 1. The van der Waals surface area contributed by atoms with Gasteiger partial charge in [-0.05, 0) is 31.2 Å². The average molecular weight is 258 g/mol. The lowest BCUT2D eigenvalue weighted by atomic mass is 9.72. The van der Waals surface area contributed by atoms with Crippen molar-refractivity contribution in [2.24, 2.45) is 17.6 Å². The molecule has 94 valence electrons. The molecule has 2 atom stereocenters. The summed E-state index contributed by atoms with van der Waals surface area (Å²) < 4.78 is 0. The second-order valence-corrected chi connectivity index (χ2v) is 5.97. The number of hydrogen-bond donors (Lipinski definition) is 1. The molecule has 0 spiro atoms. The predicted molar refractivity (Wildman–Crippen MR) is 76.5 cm³/mol. The maximum absolute atomic E-state index is 5.76. The van der Waals surface area contributed by atoms with Crippen LogP contribution in [0.1, 0.15) is 17.8 Å². The highest BCUT2D eigenvalue weighted by molar-refractivity contribution is 7.09. The van der Waals surface area contributed by atoms with Gasteiger partial charge in [-0.2, -0.15) is 0 Å². The van der Waals surface area contributed by atoms with E-state index < -0.39 is 0 Å². The summed E-state index contributed by atoms with van der Waals surface area (Å²) in [5.74, 6) is 1.50.